The first-order chi connectivity index (χ1) is 11.3. The van der Waals surface area contributed by atoms with Gasteiger partial charge in [0.15, 0.2) is 0 Å². The molecule has 0 atom stereocenters. The largest absolute Gasteiger partial charge is 0.345 e. The Kier molecular flexibility index (Phi) is 3.27. The minimum Gasteiger partial charge on any atom is -0.345 e. The number of rotatable bonds is 3. The summed E-state index contributed by atoms with van der Waals surface area (Å²) in [6, 6.07) is 23.2. The molecular formula is C19H16N4. The molecule has 0 amide bonds. The molecule has 1 N–H and O–H groups in total. The van der Waals surface area contributed by atoms with E-state index in [1.807, 2.05) is 12.1 Å². The van der Waals surface area contributed by atoms with Crippen molar-refractivity contribution in [1.82, 2.24) is 15.4 Å². The molecule has 4 aromatic rings. The molecule has 0 unspecified atom stereocenters. The summed E-state index contributed by atoms with van der Waals surface area (Å²) in [6.45, 7) is 0. The number of anilines is 2. The summed E-state index contributed by atoms with van der Waals surface area (Å²) >= 11 is 0. The smallest absolute Gasteiger partial charge is 0.112 e. The van der Waals surface area contributed by atoms with E-state index in [1.54, 1.807) is 6.20 Å². The monoisotopic (exact) mass is 300 g/mol. The minimum absolute atomic E-state index is 0.846. The van der Waals surface area contributed by atoms with Gasteiger partial charge in [0, 0.05) is 24.0 Å². The fraction of sp³-hybridized carbons (Fsp3) is 0.0526. The van der Waals surface area contributed by atoms with Crippen molar-refractivity contribution >= 4 is 22.1 Å². The molecule has 1 aromatic heterocycles. The highest BCUT2D eigenvalue weighted by molar-refractivity contribution is 5.87. The summed E-state index contributed by atoms with van der Waals surface area (Å²) in [5.74, 6) is 0. The van der Waals surface area contributed by atoms with Gasteiger partial charge in [0.25, 0.3) is 0 Å². The lowest BCUT2D eigenvalue weighted by Gasteiger charge is -2.20. The van der Waals surface area contributed by atoms with Crippen LogP contribution in [0.4, 0.5) is 11.4 Å². The van der Waals surface area contributed by atoms with Crippen molar-refractivity contribution in [3.63, 3.8) is 0 Å². The molecule has 0 aliphatic rings. The van der Waals surface area contributed by atoms with E-state index in [1.165, 1.54) is 10.8 Å². The summed E-state index contributed by atoms with van der Waals surface area (Å²) in [6.07, 6.45) is 1.73. The maximum atomic E-state index is 4.15. The van der Waals surface area contributed by atoms with Crippen LogP contribution < -0.4 is 4.90 Å². The van der Waals surface area contributed by atoms with Crippen LogP contribution in [0.25, 0.3) is 22.0 Å². The molecule has 0 aliphatic heterocycles. The molecule has 0 saturated heterocycles. The maximum absolute atomic E-state index is 4.15. The average Bonchev–Trinajstić information content (AvgIpc) is 3.15. The van der Waals surface area contributed by atoms with Crippen LogP contribution >= 0.6 is 0 Å². The van der Waals surface area contributed by atoms with Crippen LogP contribution in [0.2, 0.25) is 0 Å². The standard InChI is InChI=1S/C19H16N4/c1-23(18-10-9-14-5-2-3-6-15(14)11-18)17-8-4-7-16(12-17)19-13-20-22-21-19/h2-13H,1H3,(H,20,21,22). The third kappa shape index (κ3) is 2.55. The third-order valence-electron chi connectivity index (χ3n) is 4.06. The fourth-order valence-corrected chi connectivity index (χ4v) is 2.75. The van der Waals surface area contributed by atoms with Crippen molar-refractivity contribution in [1.29, 1.82) is 0 Å². The van der Waals surface area contributed by atoms with Gasteiger partial charge in [-0.25, -0.2) is 0 Å². The van der Waals surface area contributed by atoms with Gasteiger partial charge < -0.3 is 4.90 Å². The van der Waals surface area contributed by atoms with Crippen molar-refractivity contribution in [2.24, 2.45) is 0 Å². The highest BCUT2D eigenvalue weighted by atomic mass is 15.3. The number of benzene rings is 3. The quantitative estimate of drug-likeness (QED) is 0.610. The van der Waals surface area contributed by atoms with Gasteiger partial charge in [0.2, 0.25) is 0 Å². The van der Waals surface area contributed by atoms with Gasteiger partial charge in [-0.15, -0.1) is 0 Å². The molecule has 0 radical (unpaired) electrons. The fourth-order valence-electron chi connectivity index (χ4n) is 2.75. The summed E-state index contributed by atoms with van der Waals surface area (Å²) in [4.78, 5) is 2.18. The SMILES string of the molecule is CN(c1cccc(-c2cn[nH]n2)c1)c1ccc2ccccc2c1. The number of hydrogen-bond donors (Lipinski definition) is 1. The molecular weight excluding hydrogens is 284 g/mol. The van der Waals surface area contributed by atoms with Gasteiger partial charge in [-0.3, -0.25) is 0 Å². The van der Waals surface area contributed by atoms with E-state index in [0.717, 1.165) is 22.6 Å². The Bertz CT molecular complexity index is 944. The molecule has 0 saturated carbocycles. The number of H-pyrrole nitrogens is 1. The Labute approximate surface area is 134 Å². The molecule has 4 rings (SSSR count). The van der Waals surface area contributed by atoms with Gasteiger partial charge in [-0.05, 0) is 35.0 Å². The predicted molar refractivity (Wildman–Crippen MR) is 93.8 cm³/mol. The molecule has 1 heterocycles. The maximum Gasteiger partial charge on any atom is 0.112 e. The van der Waals surface area contributed by atoms with Gasteiger partial charge in [-0.1, -0.05) is 42.5 Å². The predicted octanol–water partition coefficient (Wildman–Crippen LogP) is 4.39. The zero-order valence-corrected chi connectivity index (χ0v) is 12.8. The minimum atomic E-state index is 0.846. The Morgan fingerprint density at radius 1 is 0.826 bits per heavy atom. The van der Waals surface area contributed by atoms with E-state index in [9.17, 15) is 0 Å². The Morgan fingerprint density at radius 3 is 2.48 bits per heavy atom. The first-order valence-electron chi connectivity index (χ1n) is 7.50. The van der Waals surface area contributed by atoms with Crippen LogP contribution in [0.5, 0.6) is 0 Å². The number of nitrogens with zero attached hydrogens (tertiary/aromatic N) is 3. The summed E-state index contributed by atoms with van der Waals surface area (Å²) in [7, 11) is 2.08. The lowest BCUT2D eigenvalue weighted by molar-refractivity contribution is 0.942. The van der Waals surface area contributed by atoms with Crippen LogP contribution in [-0.4, -0.2) is 22.5 Å². The van der Waals surface area contributed by atoms with Crippen molar-refractivity contribution in [3.05, 3.63) is 72.9 Å². The molecule has 0 aliphatic carbocycles. The van der Waals surface area contributed by atoms with Crippen molar-refractivity contribution in [2.75, 3.05) is 11.9 Å². The van der Waals surface area contributed by atoms with E-state index in [2.05, 4.69) is 82.0 Å². The molecule has 4 nitrogen and oxygen atoms in total. The van der Waals surface area contributed by atoms with Crippen molar-refractivity contribution < 1.29 is 0 Å². The Morgan fingerprint density at radius 2 is 1.65 bits per heavy atom. The van der Waals surface area contributed by atoms with Crippen molar-refractivity contribution in [3.8, 4) is 11.3 Å². The first-order valence-corrected chi connectivity index (χ1v) is 7.50. The van der Waals surface area contributed by atoms with Crippen LogP contribution in [0.3, 0.4) is 0 Å². The highest BCUT2D eigenvalue weighted by Gasteiger charge is 2.07. The normalized spacial score (nSPS) is 10.8. The second kappa shape index (κ2) is 5.57. The van der Waals surface area contributed by atoms with Gasteiger partial charge in [-0.2, -0.15) is 15.4 Å². The van der Waals surface area contributed by atoms with Crippen LogP contribution in [0.1, 0.15) is 0 Å². The molecule has 0 fully saturated rings. The topological polar surface area (TPSA) is 44.8 Å². The van der Waals surface area contributed by atoms with E-state index in [4.69, 9.17) is 0 Å². The number of hydrogen-bond acceptors (Lipinski definition) is 3. The van der Waals surface area contributed by atoms with E-state index < -0.39 is 0 Å². The lowest BCUT2D eigenvalue weighted by atomic mass is 10.1. The molecule has 3 aromatic carbocycles. The highest BCUT2D eigenvalue weighted by Crippen LogP contribution is 2.29. The number of fused-ring (bicyclic) bond motifs is 1. The molecule has 112 valence electrons. The van der Waals surface area contributed by atoms with Crippen molar-refractivity contribution in [2.45, 2.75) is 0 Å². The first kappa shape index (κ1) is 13.5. The zero-order valence-electron chi connectivity index (χ0n) is 12.8. The van der Waals surface area contributed by atoms with E-state index in [-0.39, 0.29) is 0 Å². The number of nitrogens with one attached hydrogen (secondary N) is 1. The number of aromatic nitrogens is 3. The molecule has 0 bridgehead atoms. The number of aromatic amines is 1. The van der Waals surface area contributed by atoms with Crippen LogP contribution in [0.15, 0.2) is 72.9 Å². The summed E-state index contributed by atoms with van der Waals surface area (Å²) < 4.78 is 0. The van der Waals surface area contributed by atoms with E-state index in [0.29, 0.717) is 0 Å². The molecule has 0 spiro atoms. The van der Waals surface area contributed by atoms with Gasteiger partial charge in [0.1, 0.15) is 5.69 Å². The Balaban J connectivity index is 1.72. The third-order valence-corrected chi connectivity index (χ3v) is 4.06. The lowest BCUT2D eigenvalue weighted by Crippen LogP contribution is -2.09. The molecule has 23 heavy (non-hydrogen) atoms. The van der Waals surface area contributed by atoms with Gasteiger partial charge >= 0.3 is 0 Å². The van der Waals surface area contributed by atoms with Crippen LogP contribution in [0, 0.1) is 0 Å². The van der Waals surface area contributed by atoms with Gasteiger partial charge in [0.05, 0.1) is 6.20 Å². The van der Waals surface area contributed by atoms with Crippen LogP contribution in [-0.2, 0) is 0 Å². The van der Waals surface area contributed by atoms with E-state index >= 15 is 0 Å². The average molecular weight is 300 g/mol. The zero-order chi connectivity index (χ0) is 15.6. The molecule has 4 heteroatoms. The summed E-state index contributed by atoms with van der Waals surface area (Å²) in [5, 5.41) is 13.2. The second-order valence-corrected chi connectivity index (χ2v) is 5.50. The second-order valence-electron chi connectivity index (χ2n) is 5.50. The summed E-state index contributed by atoms with van der Waals surface area (Å²) in [5.41, 5.74) is 4.16. The Hall–Kier alpha value is -3.14.